The zero-order valence-corrected chi connectivity index (χ0v) is 12.9. The van der Waals surface area contributed by atoms with E-state index in [0.717, 1.165) is 16.8 Å². The number of nitriles is 1. The van der Waals surface area contributed by atoms with Crippen molar-refractivity contribution in [2.75, 3.05) is 5.73 Å². The van der Waals surface area contributed by atoms with E-state index in [9.17, 15) is 9.65 Å². The molecule has 4 heteroatoms. The molecule has 0 atom stereocenters. The first-order valence-electron chi connectivity index (χ1n) is 7.16. The number of hydrogen-bond donors (Lipinski definition) is 1. The Morgan fingerprint density at radius 1 is 1.09 bits per heavy atom. The van der Waals surface area contributed by atoms with E-state index in [2.05, 4.69) is 6.07 Å². The Bertz CT molecular complexity index is 839. The molecule has 0 spiro atoms. The van der Waals surface area contributed by atoms with Gasteiger partial charge < -0.3 is 10.3 Å². The molecule has 0 unspecified atom stereocenters. The van der Waals surface area contributed by atoms with Gasteiger partial charge in [0.1, 0.15) is 11.9 Å². The minimum atomic E-state index is -0.344. The van der Waals surface area contributed by atoms with Gasteiger partial charge in [-0.2, -0.15) is 5.26 Å². The number of aromatic nitrogens is 1. The summed E-state index contributed by atoms with van der Waals surface area (Å²) in [5.41, 5.74) is 9.31. The summed E-state index contributed by atoms with van der Waals surface area (Å²) in [6, 6.07) is 14.0. The van der Waals surface area contributed by atoms with Gasteiger partial charge >= 0.3 is 0 Å². The van der Waals surface area contributed by atoms with Crippen LogP contribution in [0, 0.1) is 17.1 Å². The first kappa shape index (κ1) is 15.6. The third kappa shape index (κ3) is 2.53. The van der Waals surface area contributed by atoms with Crippen molar-refractivity contribution in [1.29, 1.82) is 5.26 Å². The van der Waals surface area contributed by atoms with E-state index in [1.807, 2.05) is 37.6 Å². The second kappa shape index (κ2) is 6.31. The third-order valence-electron chi connectivity index (χ3n) is 3.46. The summed E-state index contributed by atoms with van der Waals surface area (Å²) in [7, 11) is 1.87. The van der Waals surface area contributed by atoms with Gasteiger partial charge in [-0.15, -0.1) is 0 Å². The predicted molar refractivity (Wildman–Crippen MR) is 88.8 cm³/mol. The molecule has 0 aliphatic rings. The van der Waals surface area contributed by atoms with E-state index in [4.69, 9.17) is 5.73 Å². The van der Waals surface area contributed by atoms with E-state index in [1.165, 1.54) is 12.1 Å². The summed E-state index contributed by atoms with van der Waals surface area (Å²) in [5.74, 6) is -0.344. The van der Waals surface area contributed by atoms with E-state index >= 15 is 0 Å². The highest BCUT2D eigenvalue weighted by Gasteiger charge is 2.16. The number of nitrogen functional groups attached to an aromatic ring is 1. The number of hydrogen-bond acceptors (Lipinski definition) is 2. The van der Waals surface area contributed by atoms with Crippen LogP contribution in [0.15, 0.2) is 42.5 Å². The van der Waals surface area contributed by atoms with Gasteiger partial charge in [0.15, 0.2) is 0 Å². The Kier molecular flexibility index (Phi) is 4.47. The van der Waals surface area contributed by atoms with E-state index in [-0.39, 0.29) is 5.82 Å². The van der Waals surface area contributed by atoms with Gasteiger partial charge in [-0.05, 0) is 35.9 Å². The first-order valence-corrected chi connectivity index (χ1v) is 7.16. The van der Waals surface area contributed by atoms with Crippen molar-refractivity contribution in [1.82, 2.24) is 4.57 Å². The molecular weight excluding hydrogens is 277 g/mol. The molecule has 0 radical (unpaired) electrons. The van der Waals surface area contributed by atoms with E-state index < -0.39 is 0 Å². The molecule has 2 N–H and O–H groups in total. The van der Waals surface area contributed by atoms with Crippen LogP contribution in [-0.2, 0) is 7.05 Å². The number of fused-ring (bicyclic) bond motifs is 1. The molecule has 1 heterocycles. The quantitative estimate of drug-likeness (QED) is 0.674. The Balaban J connectivity index is 0.000000847. The Morgan fingerprint density at radius 2 is 1.73 bits per heavy atom. The van der Waals surface area contributed by atoms with Crippen LogP contribution in [-0.4, -0.2) is 4.57 Å². The van der Waals surface area contributed by atoms with Crippen molar-refractivity contribution in [2.45, 2.75) is 13.8 Å². The Hall–Kier alpha value is -2.80. The molecule has 0 aliphatic carbocycles. The smallest absolute Gasteiger partial charge is 0.124 e. The van der Waals surface area contributed by atoms with Crippen LogP contribution in [0.3, 0.4) is 0 Å². The molecule has 112 valence electrons. The fourth-order valence-corrected chi connectivity index (χ4v) is 2.51. The van der Waals surface area contributed by atoms with Crippen molar-refractivity contribution >= 4 is 16.6 Å². The Labute approximate surface area is 129 Å². The molecule has 0 aliphatic heterocycles. The van der Waals surface area contributed by atoms with E-state index in [0.29, 0.717) is 16.6 Å². The topological polar surface area (TPSA) is 54.7 Å². The van der Waals surface area contributed by atoms with Crippen LogP contribution < -0.4 is 5.73 Å². The van der Waals surface area contributed by atoms with Crippen LogP contribution >= 0.6 is 0 Å². The highest BCUT2D eigenvalue weighted by molar-refractivity contribution is 5.94. The standard InChI is InChI=1S/C16H12FN3.C2H6/c1-20-15-7-4-11(17)8-13(15)14(9-18)16(20)10-2-5-12(19)6-3-10;1-2/h2-8H,19H2,1H3;1-2H3. The van der Waals surface area contributed by atoms with Crippen molar-refractivity contribution in [2.24, 2.45) is 7.05 Å². The molecule has 0 amide bonds. The molecule has 0 fully saturated rings. The third-order valence-corrected chi connectivity index (χ3v) is 3.46. The second-order valence-electron chi connectivity index (χ2n) is 4.68. The molecule has 0 saturated carbocycles. The van der Waals surface area contributed by atoms with Gasteiger partial charge in [-0.3, -0.25) is 0 Å². The highest BCUT2D eigenvalue weighted by atomic mass is 19.1. The predicted octanol–water partition coefficient (Wildman–Crippen LogP) is 4.46. The van der Waals surface area contributed by atoms with Gasteiger partial charge in [0.25, 0.3) is 0 Å². The van der Waals surface area contributed by atoms with Gasteiger partial charge in [0.05, 0.1) is 11.3 Å². The minimum absolute atomic E-state index is 0.344. The maximum atomic E-state index is 13.4. The van der Waals surface area contributed by atoms with Crippen LogP contribution in [0.4, 0.5) is 10.1 Å². The summed E-state index contributed by atoms with van der Waals surface area (Å²) in [5, 5.41) is 10.1. The Morgan fingerprint density at radius 3 is 2.32 bits per heavy atom. The number of benzene rings is 2. The first-order chi connectivity index (χ1) is 10.6. The molecule has 1 aromatic heterocycles. The summed E-state index contributed by atoms with van der Waals surface area (Å²) < 4.78 is 15.3. The lowest BCUT2D eigenvalue weighted by molar-refractivity contribution is 0.629. The fourth-order valence-electron chi connectivity index (χ4n) is 2.51. The maximum Gasteiger partial charge on any atom is 0.124 e. The number of nitrogens with two attached hydrogens (primary N) is 1. The zero-order chi connectivity index (χ0) is 16.3. The lowest BCUT2D eigenvalue weighted by atomic mass is 10.1. The largest absolute Gasteiger partial charge is 0.399 e. The molecule has 3 nitrogen and oxygen atoms in total. The lowest BCUT2D eigenvalue weighted by Crippen LogP contribution is -1.93. The maximum absolute atomic E-state index is 13.4. The van der Waals surface area contributed by atoms with Crippen LogP contribution in [0.2, 0.25) is 0 Å². The molecular formula is C18H18FN3. The summed E-state index contributed by atoms with van der Waals surface area (Å²) in [4.78, 5) is 0. The molecule has 3 aromatic rings. The lowest BCUT2D eigenvalue weighted by Gasteiger charge is -2.05. The number of rotatable bonds is 1. The van der Waals surface area contributed by atoms with Crippen molar-refractivity contribution in [3.8, 4) is 17.3 Å². The average Bonchev–Trinajstić information content (AvgIpc) is 2.82. The highest BCUT2D eigenvalue weighted by Crippen LogP contribution is 2.33. The van der Waals surface area contributed by atoms with Crippen LogP contribution in [0.1, 0.15) is 19.4 Å². The molecule has 0 bridgehead atoms. The minimum Gasteiger partial charge on any atom is -0.399 e. The monoisotopic (exact) mass is 295 g/mol. The molecule has 0 saturated heterocycles. The fraction of sp³-hybridized carbons (Fsp3) is 0.167. The molecule has 22 heavy (non-hydrogen) atoms. The van der Waals surface area contributed by atoms with E-state index in [1.54, 1.807) is 18.2 Å². The number of aryl methyl sites for hydroxylation is 1. The van der Waals surface area contributed by atoms with Crippen molar-refractivity contribution in [3.05, 3.63) is 53.8 Å². The zero-order valence-electron chi connectivity index (χ0n) is 12.9. The van der Waals surface area contributed by atoms with Crippen LogP contribution in [0.5, 0.6) is 0 Å². The van der Waals surface area contributed by atoms with Gasteiger partial charge in [0.2, 0.25) is 0 Å². The second-order valence-corrected chi connectivity index (χ2v) is 4.68. The van der Waals surface area contributed by atoms with Crippen molar-refractivity contribution < 1.29 is 4.39 Å². The molecule has 3 rings (SSSR count). The number of anilines is 1. The van der Waals surface area contributed by atoms with Crippen molar-refractivity contribution in [3.63, 3.8) is 0 Å². The van der Waals surface area contributed by atoms with Gasteiger partial charge in [-0.25, -0.2) is 4.39 Å². The molecule has 2 aromatic carbocycles. The SMILES string of the molecule is CC.Cn1c(-c2ccc(N)cc2)c(C#N)c2cc(F)ccc21. The van der Waals surface area contributed by atoms with Gasteiger partial charge in [0, 0.05) is 23.6 Å². The average molecular weight is 295 g/mol. The summed E-state index contributed by atoms with van der Waals surface area (Å²) in [6.45, 7) is 4.00. The summed E-state index contributed by atoms with van der Waals surface area (Å²) >= 11 is 0. The van der Waals surface area contributed by atoms with Gasteiger partial charge in [-0.1, -0.05) is 26.0 Å². The number of nitrogens with zero attached hydrogens (tertiary/aromatic N) is 2. The van der Waals surface area contributed by atoms with Crippen LogP contribution in [0.25, 0.3) is 22.2 Å². The summed E-state index contributed by atoms with van der Waals surface area (Å²) in [6.07, 6.45) is 0. The number of halogens is 1. The normalized spacial score (nSPS) is 9.95.